The van der Waals surface area contributed by atoms with Crippen LogP contribution >= 0.6 is 0 Å². The average molecular weight is 351 g/mol. The number of nitrogens with zero attached hydrogens (tertiary/aromatic N) is 3. The summed E-state index contributed by atoms with van der Waals surface area (Å²) in [5.74, 6) is 0. The zero-order valence-electron chi connectivity index (χ0n) is 16.3. The molecule has 2 N–H and O–H groups in total. The van der Waals surface area contributed by atoms with Gasteiger partial charge in [-0.25, -0.2) is 4.79 Å². The number of hydrogen-bond acceptors (Lipinski definition) is 5. The summed E-state index contributed by atoms with van der Waals surface area (Å²) in [7, 11) is 5.58. The van der Waals surface area contributed by atoms with Gasteiger partial charge in [-0.1, -0.05) is 5.46 Å². The van der Waals surface area contributed by atoms with Crippen LogP contribution in [0.2, 0.25) is 0 Å². The minimum atomic E-state index is -1.01. The van der Waals surface area contributed by atoms with E-state index in [0.717, 1.165) is 0 Å². The Morgan fingerprint density at radius 2 is 1.64 bits per heavy atom. The summed E-state index contributed by atoms with van der Waals surface area (Å²) in [5.41, 5.74) is -1.82. The van der Waals surface area contributed by atoms with Crippen LogP contribution in [0.5, 0.6) is 0 Å². The molecule has 25 heavy (non-hydrogen) atoms. The molecule has 1 aromatic heterocycles. The molecule has 1 aromatic rings. The van der Waals surface area contributed by atoms with Crippen LogP contribution in [0.25, 0.3) is 0 Å². The van der Waals surface area contributed by atoms with E-state index < -0.39 is 16.8 Å². The highest BCUT2D eigenvalue weighted by Gasteiger charge is 2.35. The van der Waals surface area contributed by atoms with Gasteiger partial charge in [-0.3, -0.25) is 4.68 Å². The van der Waals surface area contributed by atoms with Crippen molar-refractivity contribution in [1.82, 2.24) is 14.7 Å². The molecule has 8 heteroatoms. The summed E-state index contributed by atoms with van der Waals surface area (Å²) < 4.78 is 7.05. The van der Waals surface area contributed by atoms with Crippen LogP contribution in [0, 0.1) is 0 Å². The predicted octanol–water partition coefficient (Wildman–Crippen LogP) is 0.997. The van der Waals surface area contributed by atoms with Crippen LogP contribution < -0.4 is 5.46 Å². The quantitative estimate of drug-likeness (QED) is 0.776. The van der Waals surface area contributed by atoms with E-state index in [1.807, 2.05) is 20.8 Å². The van der Waals surface area contributed by atoms with E-state index in [1.54, 1.807) is 49.7 Å². The fourth-order valence-electron chi connectivity index (χ4n) is 1.65. The van der Waals surface area contributed by atoms with E-state index in [-0.39, 0.29) is 12.1 Å². The molecule has 0 atom stereocenters. The molecule has 1 aliphatic heterocycles. The number of carbonyl (C=O) groups is 1. The molecule has 140 valence electrons. The van der Waals surface area contributed by atoms with Crippen molar-refractivity contribution in [3.8, 4) is 0 Å². The second-order valence-corrected chi connectivity index (χ2v) is 8.41. The standard InChI is InChI=1S/C11H16BN3O2.C6H14O2/c1-11(2,3)17-10(16)14-6-9(7-14)15-5-8(12)4-13-15;1-5(2,7)6(3,4)8/h4-5,9H,6-7H2,1-3H3;7-8H,1-4H3. The van der Waals surface area contributed by atoms with E-state index in [1.165, 1.54) is 0 Å². The van der Waals surface area contributed by atoms with Crippen molar-refractivity contribution in [3.05, 3.63) is 12.4 Å². The maximum absolute atomic E-state index is 11.7. The van der Waals surface area contributed by atoms with Crippen molar-refractivity contribution >= 4 is 19.4 Å². The third-order valence-electron chi connectivity index (χ3n) is 4.01. The van der Waals surface area contributed by atoms with E-state index in [2.05, 4.69) is 5.10 Å². The summed E-state index contributed by atoms with van der Waals surface area (Å²) in [6.45, 7) is 13.1. The Labute approximate surface area is 151 Å². The summed E-state index contributed by atoms with van der Waals surface area (Å²) in [6, 6.07) is 0.208. The summed E-state index contributed by atoms with van der Waals surface area (Å²) in [6.07, 6.45) is 3.11. The SMILES string of the molecule is CC(C)(O)C(C)(C)O.[B]c1cnn(C2CN(C(=O)OC(C)(C)C)C2)c1. The molecule has 1 saturated heterocycles. The fourth-order valence-corrected chi connectivity index (χ4v) is 1.65. The fraction of sp³-hybridized carbons (Fsp3) is 0.765. The maximum Gasteiger partial charge on any atom is 0.410 e. The molecular formula is C17H30BN3O4. The van der Waals surface area contributed by atoms with E-state index >= 15 is 0 Å². The Morgan fingerprint density at radius 1 is 1.16 bits per heavy atom. The first-order valence-corrected chi connectivity index (χ1v) is 8.32. The van der Waals surface area contributed by atoms with Crippen molar-refractivity contribution in [2.24, 2.45) is 0 Å². The van der Waals surface area contributed by atoms with Crippen LogP contribution in [-0.2, 0) is 4.74 Å². The lowest BCUT2D eigenvalue weighted by Crippen LogP contribution is -2.52. The number of rotatable bonds is 2. The van der Waals surface area contributed by atoms with Gasteiger partial charge in [0, 0.05) is 25.5 Å². The monoisotopic (exact) mass is 351 g/mol. The first-order chi connectivity index (χ1) is 11.1. The summed E-state index contributed by atoms with van der Waals surface area (Å²) in [5, 5.41) is 22.3. The Bertz CT molecular complexity index is 564. The van der Waals surface area contributed by atoms with E-state index in [4.69, 9.17) is 22.8 Å². The van der Waals surface area contributed by atoms with Gasteiger partial charge in [-0.05, 0) is 48.5 Å². The molecule has 0 aliphatic carbocycles. The van der Waals surface area contributed by atoms with Gasteiger partial charge in [0.15, 0.2) is 0 Å². The molecule has 2 heterocycles. The van der Waals surface area contributed by atoms with Gasteiger partial charge in [0.25, 0.3) is 0 Å². The summed E-state index contributed by atoms with van der Waals surface area (Å²) in [4.78, 5) is 13.3. The minimum absolute atomic E-state index is 0.208. The van der Waals surface area contributed by atoms with Crippen LogP contribution in [0.3, 0.4) is 0 Å². The van der Waals surface area contributed by atoms with Crippen molar-refractivity contribution < 1.29 is 19.7 Å². The van der Waals surface area contributed by atoms with Gasteiger partial charge in [0.05, 0.1) is 17.2 Å². The summed E-state index contributed by atoms with van der Waals surface area (Å²) >= 11 is 0. The molecule has 1 fully saturated rings. The first-order valence-electron chi connectivity index (χ1n) is 8.32. The number of amides is 1. The maximum atomic E-state index is 11.7. The van der Waals surface area contributed by atoms with Crippen LogP contribution in [0.15, 0.2) is 12.4 Å². The van der Waals surface area contributed by atoms with Gasteiger partial charge >= 0.3 is 6.09 Å². The Morgan fingerprint density at radius 3 is 1.96 bits per heavy atom. The lowest BCUT2D eigenvalue weighted by molar-refractivity contribution is -0.107. The molecule has 7 nitrogen and oxygen atoms in total. The third-order valence-corrected chi connectivity index (χ3v) is 4.01. The number of aliphatic hydroxyl groups is 2. The van der Waals surface area contributed by atoms with Crippen LogP contribution in [0.1, 0.15) is 54.5 Å². The second-order valence-electron chi connectivity index (χ2n) is 8.41. The molecule has 1 aliphatic rings. The average Bonchev–Trinajstić information content (AvgIpc) is 2.69. The first kappa shape index (κ1) is 21.5. The van der Waals surface area contributed by atoms with Gasteiger partial charge in [-0.2, -0.15) is 5.10 Å². The van der Waals surface area contributed by atoms with Crippen molar-refractivity contribution in [1.29, 1.82) is 0 Å². The lowest BCUT2D eigenvalue weighted by atomic mass is 9.90. The number of hydrogen-bond donors (Lipinski definition) is 2. The number of likely N-dealkylation sites (tertiary alicyclic amines) is 1. The molecule has 0 unspecified atom stereocenters. The predicted molar refractivity (Wildman–Crippen MR) is 97.1 cm³/mol. The zero-order valence-corrected chi connectivity index (χ0v) is 16.3. The lowest BCUT2D eigenvalue weighted by Gasteiger charge is -2.39. The van der Waals surface area contributed by atoms with E-state index in [0.29, 0.717) is 18.6 Å². The zero-order chi connectivity index (χ0) is 19.6. The highest BCUT2D eigenvalue weighted by Crippen LogP contribution is 2.22. The highest BCUT2D eigenvalue weighted by atomic mass is 16.6. The van der Waals surface area contributed by atoms with Crippen LogP contribution in [-0.4, -0.2) is 68.7 Å². The number of aromatic nitrogens is 2. The highest BCUT2D eigenvalue weighted by molar-refractivity contribution is 6.31. The topological polar surface area (TPSA) is 87.8 Å². The molecule has 0 saturated carbocycles. The molecular weight excluding hydrogens is 321 g/mol. The second kappa shape index (κ2) is 7.37. The smallest absolute Gasteiger partial charge is 0.410 e. The van der Waals surface area contributed by atoms with Gasteiger partial charge in [0.2, 0.25) is 0 Å². The largest absolute Gasteiger partial charge is 0.444 e. The molecule has 2 rings (SSSR count). The van der Waals surface area contributed by atoms with Crippen molar-refractivity contribution in [2.45, 2.75) is 71.3 Å². The minimum Gasteiger partial charge on any atom is -0.444 e. The number of carbonyl (C=O) groups excluding carboxylic acids is 1. The Hall–Kier alpha value is -1.54. The molecule has 1 amide bonds. The normalized spacial score (nSPS) is 16.0. The van der Waals surface area contributed by atoms with Crippen molar-refractivity contribution in [3.63, 3.8) is 0 Å². The third kappa shape index (κ3) is 6.70. The van der Waals surface area contributed by atoms with Gasteiger partial charge in [0.1, 0.15) is 13.4 Å². The molecule has 0 spiro atoms. The number of ether oxygens (including phenoxy) is 1. The Kier molecular flexibility index (Phi) is 6.34. The Balaban J connectivity index is 0.000000333. The molecule has 0 aromatic carbocycles. The van der Waals surface area contributed by atoms with Gasteiger partial charge < -0.3 is 19.8 Å². The van der Waals surface area contributed by atoms with Crippen molar-refractivity contribution in [2.75, 3.05) is 13.1 Å². The molecule has 0 bridgehead atoms. The molecule has 2 radical (unpaired) electrons. The van der Waals surface area contributed by atoms with Gasteiger partial charge in [-0.15, -0.1) is 0 Å². The van der Waals surface area contributed by atoms with E-state index in [9.17, 15) is 4.79 Å². The van der Waals surface area contributed by atoms with Crippen LogP contribution in [0.4, 0.5) is 4.79 Å².